The number of nitrogens with zero attached hydrogens (tertiary/aromatic N) is 2. The van der Waals surface area contributed by atoms with Gasteiger partial charge in [0.05, 0.1) is 5.92 Å². The number of likely N-dealkylation sites (tertiary alicyclic amines) is 2. The summed E-state index contributed by atoms with van der Waals surface area (Å²) in [4.78, 5) is 27.1. The Hall–Kier alpha value is -1.26. The fourth-order valence-electron chi connectivity index (χ4n) is 3.01. The van der Waals surface area contributed by atoms with Crippen LogP contribution in [0.1, 0.15) is 39.0 Å². The third-order valence-electron chi connectivity index (χ3n) is 4.33. The highest BCUT2D eigenvalue weighted by molar-refractivity contribution is 5.76. The molecule has 2 aliphatic heterocycles. The van der Waals surface area contributed by atoms with Gasteiger partial charge in [-0.3, -0.25) is 4.79 Å². The first-order chi connectivity index (χ1) is 9.08. The number of carboxylic acids is 1. The van der Waals surface area contributed by atoms with Crippen molar-refractivity contribution in [3.05, 3.63) is 0 Å². The molecule has 0 saturated carbocycles. The van der Waals surface area contributed by atoms with Gasteiger partial charge >= 0.3 is 12.0 Å². The lowest BCUT2D eigenvalue weighted by Gasteiger charge is -2.34. The van der Waals surface area contributed by atoms with E-state index in [1.54, 1.807) is 4.90 Å². The first kappa shape index (κ1) is 14.2. The number of piperidine rings is 1. The Balaban J connectivity index is 1.93. The van der Waals surface area contributed by atoms with Crippen LogP contribution in [0.25, 0.3) is 0 Å². The van der Waals surface area contributed by atoms with E-state index in [1.165, 1.54) is 6.42 Å². The minimum Gasteiger partial charge on any atom is -0.481 e. The number of rotatable bonds is 1. The minimum absolute atomic E-state index is 0.0417. The van der Waals surface area contributed by atoms with Gasteiger partial charge in [-0.15, -0.1) is 0 Å². The van der Waals surface area contributed by atoms with Gasteiger partial charge in [-0.2, -0.15) is 0 Å². The second-order valence-corrected chi connectivity index (χ2v) is 5.93. The molecule has 0 aromatic heterocycles. The molecular formula is C14H24N2O3. The summed E-state index contributed by atoms with van der Waals surface area (Å²) in [7, 11) is 0. The predicted octanol–water partition coefficient (Wildman–Crippen LogP) is 2.03. The number of carboxylic acid groups (broad SMARTS) is 1. The fourth-order valence-corrected chi connectivity index (χ4v) is 3.01. The fraction of sp³-hybridized carbons (Fsp3) is 0.857. The van der Waals surface area contributed by atoms with E-state index in [2.05, 4.69) is 6.92 Å². The molecule has 1 unspecified atom stereocenters. The Bertz CT molecular complexity index is 346. The average Bonchev–Trinajstić information content (AvgIpc) is 2.63. The maximum absolute atomic E-state index is 12.4. The molecular weight excluding hydrogens is 244 g/mol. The maximum Gasteiger partial charge on any atom is 0.320 e. The number of hydrogen-bond donors (Lipinski definition) is 1. The third-order valence-corrected chi connectivity index (χ3v) is 4.33. The second kappa shape index (κ2) is 6.26. The van der Waals surface area contributed by atoms with Crippen LogP contribution in [0.3, 0.4) is 0 Å². The van der Waals surface area contributed by atoms with Crippen molar-refractivity contribution in [3.63, 3.8) is 0 Å². The van der Waals surface area contributed by atoms with Crippen molar-refractivity contribution in [1.29, 1.82) is 0 Å². The van der Waals surface area contributed by atoms with E-state index in [1.807, 2.05) is 4.90 Å². The van der Waals surface area contributed by atoms with Crippen LogP contribution >= 0.6 is 0 Å². The highest BCUT2D eigenvalue weighted by atomic mass is 16.4. The van der Waals surface area contributed by atoms with Crippen LogP contribution in [0.4, 0.5) is 4.79 Å². The summed E-state index contributed by atoms with van der Waals surface area (Å²) >= 11 is 0. The van der Waals surface area contributed by atoms with Crippen LogP contribution in [0, 0.1) is 11.8 Å². The molecule has 1 N–H and O–H groups in total. The summed E-state index contributed by atoms with van der Waals surface area (Å²) in [6.45, 7) is 4.94. The Morgan fingerprint density at radius 2 is 1.68 bits per heavy atom. The zero-order valence-corrected chi connectivity index (χ0v) is 11.7. The van der Waals surface area contributed by atoms with Crippen molar-refractivity contribution in [1.82, 2.24) is 9.80 Å². The molecule has 2 heterocycles. The van der Waals surface area contributed by atoms with E-state index in [0.717, 1.165) is 32.4 Å². The van der Waals surface area contributed by atoms with Crippen molar-refractivity contribution in [2.24, 2.45) is 11.8 Å². The van der Waals surface area contributed by atoms with E-state index in [4.69, 9.17) is 5.11 Å². The molecule has 19 heavy (non-hydrogen) atoms. The van der Waals surface area contributed by atoms with Gasteiger partial charge in [0, 0.05) is 26.2 Å². The molecule has 0 aromatic carbocycles. The summed E-state index contributed by atoms with van der Waals surface area (Å²) in [5.74, 6) is -0.475. The van der Waals surface area contributed by atoms with Gasteiger partial charge in [0.1, 0.15) is 0 Å². The molecule has 0 aromatic rings. The molecule has 5 nitrogen and oxygen atoms in total. The molecule has 0 aliphatic carbocycles. The van der Waals surface area contributed by atoms with E-state index < -0.39 is 5.97 Å². The van der Waals surface area contributed by atoms with E-state index in [0.29, 0.717) is 25.4 Å². The highest BCUT2D eigenvalue weighted by Gasteiger charge is 2.30. The molecule has 2 aliphatic rings. The smallest absolute Gasteiger partial charge is 0.320 e. The van der Waals surface area contributed by atoms with E-state index in [-0.39, 0.29) is 11.9 Å². The lowest BCUT2D eigenvalue weighted by molar-refractivity contribution is -0.143. The Kier molecular flexibility index (Phi) is 4.66. The number of aliphatic carboxylic acids is 1. The molecule has 2 saturated heterocycles. The Morgan fingerprint density at radius 3 is 2.42 bits per heavy atom. The molecule has 0 bridgehead atoms. The monoisotopic (exact) mass is 268 g/mol. The van der Waals surface area contributed by atoms with Crippen LogP contribution in [0.2, 0.25) is 0 Å². The zero-order valence-electron chi connectivity index (χ0n) is 11.7. The molecule has 2 atom stereocenters. The van der Waals surface area contributed by atoms with Crippen LogP contribution in [0.15, 0.2) is 0 Å². The first-order valence-electron chi connectivity index (χ1n) is 7.34. The van der Waals surface area contributed by atoms with Crippen LogP contribution in [-0.2, 0) is 4.79 Å². The van der Waals surface area contributed by atoms with E-state index in [9.17, 15) is 9.59 Å². The predicted molar refractivity (Wildman–Crippen MR) is 71.9 cm³/mol. The molecule has 2 fully saturated rings. The van der Waals surface area contributed by atoms with Gasteiger partial charge in [0.25, 0.3) is 0 Å². The summed E-state index contributed by atoms with van der Waals surface area (Å²) in [6, 6.07) is 0.0417. The summed E-state index contributed by atoms with van der Waals surface area (Å²) in [5, 5.41) is 9.08. The minimum atomic E-state index is -0.776. The lowest BCUT2D eigenvalue weighted by Crippen LogP contribution is -2.49. The number of amides is 2. The Morgan fingerprint density at radius 1 is 1.00 bits per heavy atom. The van der Waals surface area contributed by atoms with Gasteiger partial charge in [0.15, 0.2) is 0 Å². The highest BCUT2D eigenvalue weighted by Crippen LogP contribution is 2.21. The number of hydrogen-bond acceptors (Lipinski definition) is 2. The lowest BCUT2D eigenvalue weighted by atomic mass is 9.98. The van der Waals surface area contributed by atoms with Crippen LogP contribution < -0.4 is 0 Å². The van der Waals surface area contributed by atoms with Crippen molar-refractivity contribution < 1.29 is 14.7 Å². The van der Waals surface area contributed by atoms with Gasteiger partial charge in [-0.05, 0) is 38.0 Å². The van der Waals surface area contributed by atoms with Gasteiger partial charge in [-0.25, -0.2) is 4.79 Å². The normalized spacial score (nSPS) is 28.9. The molecule has 0 radical (unpaired) electrons. The number of urea groups is 1. The summed E-state index contributed by atoms with van der Waals surface area (Å²) < 4.78 is 0. The van der Waals surface area contributed by atoms with Gasteiger partial charge < -0.3 is 14.9 Å². The number of carbonyl (C=O) groups is 2. The Labute approximate surface area is 114 Å². The van der Waals surface area contributed by atoms with Crippen molar-refractivity contribution in [2.75, 3.05) is 26.2 Å². The molecule has 5 heteroatoms. The van der Waals surface area contributed by atoms with Crippen LogP contribution in [-0.4, -0.2) is 53.1 Å². The quantitative estimate of drug-likeness (QED) is 0.791. The molecule has 108 valence electrons. The number of carbonyl (C=O) groups excluding carboxylic acids is 1. The molecule has 2 amide bonds. The largest absolute Gasteiger partial charge is 0.481 e. The van der Waals surface area contributed by atoms with Gasteiger partial charge in [-0.1, -0.05) is 6.92 Å². The second-order valence-electron chi connectivity index (χ2n) is 5.93. The maximum atomic E-state index is 12.4. The zero-order chi connectivity index (χ0) is 13.8. The standard InChI is InChI=1S/C14H24N2O3/c1-11-4-2-7-15(9-6-11)14(19)16-8-3-5-12(10-16)13(17)18/h11-12H,2-10H2,1H3,(H,17,18)/t11?,12-/m1/s1. The molecule has 2 rings (SSSR count). The SMILES string of the molecule is CC1CCCN(C(=O)N2CCC[C@@H](C(=O)O)C2)CC1. The van der Waals surface area contributed by atoms with Crippen molar-refractivity contribution >= 4 is 12.0 Å². The van der Waals surface area contributed by atoms with Crippen molar-refractivity contribution in [2.45, 2.75) is 39.0 Å². The topological polar surface area (TPSA) is 60.9 Å². The first-order valence-corrected chi connectivity index (χ1v) is 7.34. The van der Waals surface area contributed by atoms with Crippen molar-refractivity contribution in [3.8, 4) is 0 Å². The van der Waals surface area contributed by atoms with Gasteiger partial charge in [0.2, 0.25) is 0 Å². The summed E-state index contributed by atoms with van der Waals surface area (Å²) in [6.07, 6.45) is 4.79. The molecule has 0 spiro atoms. The average molecular weight is 268 g/mol. The van der Waals surface area contributed by atoms with Crippen LogP contribution in [0.5, 0.6) is 0 Å². The summed E-state index contributed by atoms with van der Waals surface area (Å²) in [5.41, 5.74) is 0. The third kappa shape index (κ3) is 3.61. The van der Waals surface area contributed by atoms with E-state index >= 15 is 0 Å².